The molecule has 1 aromatic carbocycles. The summed E-state index contributed by atoms with van der Waals surface area (Å²) in [5.41, 5.74) is 0.00351. The molecule has 0 spiro atoms. The second-order valence-electron chi connectivity index (χ2n) is 4.63. The summed E-state index contributed by atoms with van der Waals surface area (Å²) < 4.78 is 19.3. The van der Waals surface area contributed by atoms with Crippen molar-refractivity contribution in [2.45, 2.75) is 26.0 Å². The average molecular weight is 268 g/mol. The van der Waals surface area contributed by atoms with Gasteiger partial charge in [0.05, 0.1) is 23.2 Å². The van der Waals surface area contributed by atoms with Crippen molar-refractivity contribution in [3.63, 3.8) is 0 Å². The predicted octanol–water partition coefficient (Wildman–Crippen LogP) is 2.34. The largest absolute Gasteiger partial charge is 0.376 e. The molecule has 1 unspecified atom stereocenters. The van der Waals surface area contributed by atoms with Gasteiger partial charge in [0.2, 0.25) is 0 Å². The normalized spacial score (nSPS) is 20.4. The maximum atomic E-state index is 13.8. The zero-order valence-corrected chi connectivity index (χ0v) is 10.8. The third-order valence-electron chi connectivity index (χ3n) is 3.35. The maximum absolute atomic E-state index is 13.8. The summed E-state index contributed by atoms with van der Waals surface area (Å²) in [5, 5.41) is 10.9. The molecule has 1 atom stereocenters. The number of hydrogen-bond donors (Lipinski definition) is 0. The van der Waals surface area contributed by atoms with E-state index in [1.807, 2.05) is 11.8 Å². The minimum atomic E-state index is -0.532. The van der Waals surface area contributed by atoms with E-state index in [4.69, 9.17) is 4.74 Å². The highest BCUT2D eigenvalue weighted by molar-refractivity contribution is 5.40. The Bertz CT molecular complexity index is 467. The van der Waals surface area contributed by atoms with E-state index in [0.717, 1.165) is 6.42 Å². The molecular weight excluding hydrogens is 251 g/mol. The molecule has 104 valence electrons. The molecule has 0 N–H and O–H groups in total. The molecule has 0 bridgehead atoms. The number of nitrogens with zero attached hydrogens (tertiary/aromatic N) is 2. The quantitative estimate of drug-likeness (QED) is 0.621. The number of nitro groups is 1. The highest BCUT2D eigenvalue weighted by atomic mass is 19.1. The van der Waals surface area contributed by atoms with Gasteiger partial charge < -0.3 is 4.74 Å². The Morgan fingerprint density at radius 2 is 2.37 bits per heavy atom. The molecule has 0 aromatic heterocycles. The fraction of sp³-hybridized carbons (Fsp3) is 0.538. The van der Waals surface area contributed by atoms with Crippen LogP contribution in [0.3, 0.4) is 0 Å². The summed E-state index contributed by atoms with van der Waals surface area (Å²) >= 11 is 0. The van der Waals surface area contributed by atoms with Crippen LogP contribution in [0.4, 0.5) is 10.1 Å². The summed E-state index contributed by atoms with van der Waals surface area (Å²) in [4.78, 5) is 12.4. The van der Waals surface area contributed by atoms with Crippen molar-refractivity contribution in [1.29, 1.82) is 0 Å². The van der Waals surface area contributed by atoms with E-state index in [9.17, 15) is 14.5 Å². The van der Waals surface area contributed by atoms with Crippen LogP contribution in [-0.4, -0.2) is 35.6 Å². The Kier molecular flexibility index (Phi) is 4.44. The second kappa shape index (κ2) is 6.08. The van der Waals surface area contributed by atoms with Crippen LogP contribution in [0, 0.1) is 15.9 Å². The third kappa shape index (κ3) is 3.27. The van der Waals surface area contributed by atoms with Gasteiger partial charge in [-0.15, -0.1) is 0 Å². The van der Waals surface area contributed by atoms with Gasteiger partial charge in [-0.3, -0.25) is 15.0 Å². The second-order valence-corrected chi connectivity index (χ2v) is 4.63. The van der Waals surface area contributed by atoms with E-state index < -0.39 is 10.7 Å². The lowest BCUT2D eigenvalue weighted by molar-refractivity contribution is -0.386. The number of rotatable bonds is 4. The Hall–Kier alpha value is -1.53. The first-order valence-electron chi connectivity index (χ1n) is 6.37. The standard InChI is InChI=1S/C13H17FN2O3/c1-2-10-8-15(6-7-19-10)9-11-12(14)4-3-5-13(11)16(17)18/h3-5,10H,2,6-9H2,1H3. The number of ether oxygens (including phenoxy) is 1. The van der Waals surface area contributed by atoms with Gasteiger partial charge in [0.25, 0.3) is 5.69 Å². The number of halogens is 1. The molecule has 6 heteroatoms. The van der Waals surface area contributed by atoms with Crippen LogP contribution < -0.4 is 0 Å². The third-order valence-corrected chi connectivity index (χ3v) is 3.35. The summed E-state index contributed by atoms with van der Waals surface area (Å²) in [6.45, 7) is 4.22. The average Bonchev–Trinajstić information content (AvgIpc) is 2.41. The van der Waals surface area contributed by atoms with Gasteiger partial charge in [-0.1, -0.05) is 13.0 Å². The SMILES string of the molecule is CCC1CN(Cc2c(F)cccc2[N+](=O)[O-])CCO1. The summed E-state index contributed by atoms with van der Waals surface area (Å²) in [6.07, 6.45) is 1.01. The van der Waals surface area contributed by atoms with E-state index in [2.05, 4.69) is 0 Å². The molecule has 0 aliphatic carbocycles. The number of benzene rings is 1. The molecule has 0 amide bonds. The minimum absolute atomic E-state index is 0.125. The molecule has 1 aliphatic rings. The number of nitro benzene ring substituents is 1. The summed E-state index contributed by atoms with van der Waals surface area (Å²) in [5.74, 6) is -0.520. The van der Waals surface area contributed by atoms with Crippen molar-refractivity contribution >= 4 is 5.69 Å². The summed E-state index contributed by atoms with van der Waals surface area (Å²) in [6, 6.07) is 3.97. The number of morpholine rings is 1. The Morgan fingerprint density at radius 1 is 1.58 bits per heavy atom. The molecule has 5 nitrogen and oxygen atoms in total. The van der Waals surface area contributed by atoms with Crippen LogP contribution in [0.1, 0.15) is 18.9 Å². The highest BCUT2D eigenvalue weighted by Gasteiger charge is 2.24. The molecule has 1 saturated heterocycles. The fourth-order valence-corrected chi connectivity index (χ4v) is 2.27. The van der Waals surface area contributed by atoms with E-state index in [1.165, 1.54) is 18.2 Å². The smallest absolute Gasteiger partial charge is 0.276 e. The first kappa shape index (κ1) is 13.9. The van der Waals surface area contributed by atoms with E-state index in [1.54, 1.807) is 0 Å². The van der Waals surface area contributed by atoms with Crippen molar-refractivity contribution < 1.29 is 14.1 Å². The Labute approximate surface area is 111 Å². The van der Waals surface area contributed by atoms with Gasteiger partial charge in [0.15, 0.2) is 0 Å². The maximum Gasteiger partial charge on any atom is 0.276 e. The van der Waals surface area contributed by atoms with Crippen LogP contribution in [0.25, 0.3) is 0 Å². The van der Waals surface area contributed by atoms with E-state index >= 15 is 0 Å². The molecule has 0 saturated carbocycles. The molecule has 1 aliphatic heterocycles. The van der Waals surface area contributed by atoms with Gasteiger partial charge in [-0.2, -0.15) is 0 Å². The van der Waals surface area contributed by atoms with Gasteiger partial charge in [-0.25, -0.2) is 4.39 Å². The topological polar surface area (TPSA) is 55.6 Å². The zero-order valence-electron chi connectivity index (χ0n) is 10.8. The van der Waals surface area contributed by atoms with E-state index in [0.29, 0.717) is 19.7 Å². The first-order valence-corrected chi connectivity index (χ1v) is 6.37. The first-order chi connectivity index (χ1) is 9.11. The molecule has 0 radical (unpaired) electrons. The molecule has 2 rings (SSSR count). The monoisotopic (exact) mass is 268 g/mol. The van der Waals surface area contributed by atoms with Crippen molar-refractivity contribution in [2.75, 3.05) is 19.7 Å². The van der Waals surface area contributed by atoms with Crippen molar-refractivity contribution in [3.8, 4) is 0 Å². The van der Waals surface area contributed by atoms with Crippen LogP contribution >= 0.6 is 0 Å². The molecular formula is C13H17FN2O3. The van der Waals surface area contributed by atoms with E-state index in [-0.39, 0.29) is 23.9 Å². The van der Waals surface area contributed by atoms with Gasteiger partial charge in [0, 0.05) is 25.7 Å². The van der Waals surface area contributed by atoms with Gasteiger partial charge in [0.1, 0.15) is 5.82 Å². The van der Waals surface area contributed by atoms with Crippen molar-refractivity contribution in [1.82, 2.24) is 4.90 Å². The van der Waals surface area contributed by atoms with Crippen molar-refractivity contribution in [3.05, 3.63) is 39.7 Å². The van der Waals surface area contributed by atoms with Gasteiger partial charge >= 0.3 is 0 Å². The Balaban J connectivity index is 2.16. The van der Waals surface area contributed by atoms with Crippen molar-refractivity contribution in [2.24, 2.45) is 0 Å². The molecule has 1 fully saturated rings. The molecule has 1 heterocycles. The highest BCUT2D eigenvalue weighted by Crippen LogP contribution is 2.24. The lowest BCUT2D eigenvalue weighted by Gasteiger charge is -2.32. The van der Waals surface area contributed by atoms with Crippen LogP contribution in [-0.2, 0) is 11.3 Å². The van der Waals surface area contributed by atoms with Gasteiger partial charge in [-0.05, 0) is 12.5 Å². The lowest BCUT2D eigenvalue weighted by Crippen LogP contribution is -2.41. The molecule has 19 heavy (non-hydrogen) atoms. The lowest BCUT2D eigenvalue weighted by atomic mass is 10.1. The van der Waals surface area contributed by atoms with Crippen LogP contribution in [0.2, 0.25) is 0 Å². The minimum Gasteiger partial charge on any atom is -0.376 e. The predicted molar refractivity (Wildman–Crippen MR) is 68.4 cm³/mol. The number of hydrogen-bond acceptors (Lipinski definition) is 4. The Morgan fingerprint density at radius 3 is 3.05 bits per heavy atom. The van der Waals surface area contributed by atoms with Crippen LogP contribution in [0.15, 0.2) is 18.2 Å². The molecule has 1 aromatic rings. The zero-order chi connectivity index (χ0) is 13.8. The fourth-order valence-electron chi connectivity index (χ4n) is 2.27. The van der Waals surface area contributed by atoms with Crippen LogP contribution in [0.5, 0.6) is 0 Å². The summed E-state index contributed by atoms with van der Waals surface area (Å²) in [7, 11) is 0.